The van der Waals surface area contributed by atoms with Gasteiger partial charge in [-0.05, 0) is 52.9 Å². The first-order valence-corrected chi connectivity index (χ1v) is 11.0. The van der Waals surface area contributed by atoms with E-state index in [-0.39, 0.29) is 6.61 Å². The van der Waals surface area contributed by atoms with E-state index in [0.29, 0.717) is 24.5 Å². The predicted octanol–water partition coefficient (Wildman–Crippen LogP) is 6.73. The molecule has 0 saturated carbocycles. The lowest BCUT2D eigenvalue weighted by atomic mass is 10.0. The van der Waals surface area contributed by atoms with Crippen molar-refractivity contribution in [1.29, 1.82) is 0 Å². The second kappa shape index (κ2) is 13.2. The monoisotopic (exact) mass is 470 g/mol. The molecule has 0 aliphatic carbocycles. The zero-order valence-electron chi connectivity index (χ0n) is 19.2. The van der Waals surface area contributed by atoms with Gasteiger partial charge in [0.15, 0.2) is 0 Å². The van der Waals surface area contributed by atoms with Gasteiger partial charge in [-0.15, -0.1) is 0 Å². The van der Waals surface area contributed by atoms with Gasteiger partial charge in [-0.25, -0.2) is 9.59 Å². The van der Waals surface area contributed by atoms with Crippen LogP contribution in [0.2, 0.25) is 0 Å². The fourth-order valence-corrected chi connectivity index (χ4v) is 3.09. The fraction of sp³-hybridized carbons (Fsp3) is 0.103. The minimum absolute atomic E-state index is 0.219. The lowest BCUT2D eigenvalue weighted by Crippen LogP contribution is -2.11. The molecule has 0 fully saturated rings. The molecule has 6 heteroatoms. The van der Waals surface area contributed by atoms with E-state index < -0.39 is 12.1 Å². The number of esters is 1. The molecular formula is C29H26O6. The molecule has 0 saturated heterocycles. The SMILES string of the molecule is C=COCC=CCCOC(=O)Oc1ccc(-c2ccc(-c3ccc(OC(=O)C=C)cc3)cc2)cc1. The second-order valence-electron chi connectivity index (χ2n) is 7.21. The number of hydrogen-bond donors (Lipinski definition) is 0. The quantitative estimate of drug-likeness (QED) is 0.0588. The Morgan fingerprint density at radius 3 is 1.66 bits per heavy atom. The Labute approximate surface area is 204 Å². The molecule has 0 spiro atoms. The van der Waals surface area contributed by atoms with E-state index in [4.69, 9.17) is 18.9 Å². The molecule has 0 N–H and O–H groups in total. The molecule has 0 aliphatic rings. The maximum absolute atomic E-state index is 11.8. The van der Waals surface area contributed by atoms with Crippen molar-refractivity contribution >= 4 is 12.1 Å². The van der Waals surface area contributed by atoms with Gasteiger partial charge in [0.1, 0.15) is 18.1 Å². The summed E-state index contributed by atoms with van der Waals surface area (Å²) >= 11 is 0. The Balaban J connectivity index is 1.51. The third-order valence-electron chi connectivity index (χ3n) is 4.83. The zero-order chi connectivity index (χ0) is 24.9. The molecule has 0 radical (unpaired) electrons. The van der Waals surface area contributed by atoms with Gasteiger partial charge >= 0.3 is 12.1 Å². The summed E-state index contributed by atoms with van der Waals surface area (Å²) in [5.74, 6) is 0.379. The minimum atomic E-state index is -0.747. The number of benzene rings is 3. The highest BCUT2D eigenvalue weighted by Crippen LogP contribution is 2.27. The minimum Gasteiger partial charge on any atom is -0.498 e. The molecule has 0 aliphatic heterocycles. The summed E-state index contributed by atoms with van der Waals surface area (Å²) in [5, 5.41) is 0. The van der Waals surface area contributed by atoms with Crippen LogP contribution in [0.5, 0.6) is 11.5 Å². The van der Waals surface area contributed by atoms with Crippen LogP contribution in [0.1, 0.15) is 6.42 Å². The summed E-state index contributed by atoms with van der Waals surface area (Å²) in [6.07, 6.45) is 5.99. The van der Waals surface area contributed by atoms with E-state index in [1.807, 2.05) is 60.7 Å². The average molecular weight is 471 g/mol. The maximum Gasteiger partial charge on any atom is 0.513 e. The third kappa shape index (κ3) is 8.05. The average Bonchev–Trinajstić information content (AvgIpc) is 2.89. The molecule has 178 valence electrons. The Bertz CT molecular complexity index is 1160. The molecule has 0 aromatic heterocycles. The van der Waals surface area contributed by atoms with E-state index in [1.165, 1.54) is 6.26 Å². The van der Waals surface area contributed by atoms with Gasteiger partial charge in [-0.3, -0.25) is 0 Å². The largest absolute Gasteiger partial charge is 0.513 e. The maximum atomic E-state index is 11.8. The summed E-state index contributed by atoms with van der Waals surface area (Å²) in [7, 11) is 0. The topological polar surface area (TPSA) is 71.1 Å². The van der Waals surface area contributed by atoms with Crippen molar-refractivity contribution in [2.24, 2.45) is 0 Å². The zero-order valence-corrected chi connectivity index (χ0v) is 19.2. The van der Waals surface area contributed by atoms with Gasteiger partial charge in [0.05, 0.1) is 12.9 Å². The Morgan fingerprint density at radius 1 is 0.686 bits per heavy atom. The van der Waals surface area contributed by atoms with E-state index in [1.54, 1.807) is 24.3 Å². The van der Waals surface area contributed by atoms with E-state index in [0.717, 1.165) is 28.3 Å². The number of carbonyl (C=O) groups excluding carboxylic acids is 2. The molecule has 0 heterocycles. The van der Waals surface area contributed by atoms with Crippen LogP contribution in [0.4, 0.5) is 4.79 Å². The van der Waals surface area contributed by atoms with Crippen LogP contribution in [-0.4, -0.2) is 25.3 Å². The Kier molecular flexibility index (Phi) is 9.45. The first-order valence-electron chi connectivity index (χ1n) is 11.0. The van der Waals surface area contributed by atoms with E-state index in [2.05, 4.69) is 13.2 Å². The van der Waals surface area contributed by atoms with Gasteiger partial charge in [-0.2, -0.15) is 0 Å². The predicted molar refractivity (Wildman–Crippen MR) is 135 cm³/mol. The van der Waals surface area contributed by atoms with E-state index in [9.17, 15) is 9.59 Å². The molecule has 6 nitrogen and oxygen atoms in total. The van der Waals surface area contributed by atoms with Crippen LogP contribution >= 0.6 is 0 Å². The first kappa shape index (κ1) is 25.1. The molecular weight excluding hydrogens is 444 g/mol. The molecule has 0 bridgehead atoms. The molecule has 3 aromatic carbocycles. The summed E-state index contributed by atoms with van der Waals surface area (Å²) in [4.78, 5) is 23.1. The Morgan fingerprint density at radius 2 is 1.17 bits per heavy atom. The van der Waals surface area contributed by atoms with Crippen molar-refractivity contribution in [2.75, 3.05) is 13.2 Å². The highest BCUT2D eigenvalue weighted by Gasteiger charge is 2.07. The summed E-state index contributed by atoms with van der Waals surface area (Å²) < 4.78 is 20.3. The van der Waals surface area contributed by atoms with Crippen molar-refractivity contribution in [1.82, 2.24) is 0 Å². The molecule has 3 rings (SSSR count). The summed E-state index contributed by atoms with van der Waals surface area (Å²) in [6.45, 7) is 7.49. The first-order chi connectivity index (χ1) is 17.1. The van der Waals surface area contributed by atoms with Gasteiger partial charge in [-0.1, -0.05) is 73.8 Å². The van der Waals surface area contributed by atoms with Crippen LogP contribution in [-0.2, 0) is 14.3 Å². The molecule has 3 aromatic rings. The highest BCUT2D eigenvalue weighted by molar-refractivity contribution is 5.83. The van der Waals surface area contributed by atoms with E-state index >= 15 is 0 Å². The Hall–Kier alpha value is -4.58. The number of ether oxygens (including phenoxy) is 4. The van der Waals surface area contributed by atoms with Gasteiger partial charge in [0, 0.05) is 6.08 Å². The van der Waals surface area contributed by atoms with Gasteiger partial charge in [0.25, 0.3) is 0 Å². The highest BCUT2D eigenvalue weighted by atomic mass is 16.7. The number of rotatable bonds is 11. The van der Waals surface area contributed by atoms with Crippen molar-refractivity contribution in [3.05, 3.63) is 110 Å². The molecule has 0 amide bonds. The van der Waals surface area contributed by atoms with Crippen molar-refractivity contribution in [3.63, 3.8) is 0 Å². The van der Waals surface area contributed by atoms with Gasteiger partial charge in [0.2, 0.25) is 0 Å². The lowest BCUT2D eigenvalue weighted by Gasteiger charge is -2.08. The fourth-order valence-electron chi connectivity index (χ4n) is 3.09. The van der Waals surface area contributed by atoms with Crippen LogP contribution in [0, 0.1) is 0 Å². The lowest BCUT2D eigenvalue weighted by molar-refractivity contribution is -0.128. The van der Waals surface area contributed by atoms with Crippen LogP contribution in [0.15, 0.2) is 110 Å². The van der Waals surface area contributed by atoms with Crippen molar-refractivity contribution in [3.8, 4) is 33.8 Å². The third-order valence-corrected chi connectivity index (χ3v) is 4.83. The van der Waals surface area contributed by atoms with Gasteiger partial charge < -0.3 is 18.9 Å². The summed E-state index contributed by atoms with van der Waals surface area (Å²) in [6, 6.07) is 22.5. The van der Waals surface area contributed by atoms with Crippen molar-refractivity contribution in [2.45, 2.75) is 6.42 Å². The van der Waals surface area contributed by atoms with Crippen LogP contribution in [0.3, 0.4) is 0 Å². The molecule has 35 heavy (non-hydrogen) atoms. The standard InChI is InChI=1S/C29H26O6/c1-3-28(30)34-26-16-12-24(13-17-26)22-8-10-23(11-9-22)25-14-18-27(19-15-25)35-29(31)33-21-7-5-6-20-32-4-2/h3-6,8-19H,1-2,7,20-21H2. The summed E-state index contributed by atoms with van der Waals surface area (Å²) in [5.41, 5.74) is 4.03. The number of carbonyl (C=O) groups is 2. The van der Waals surface area contributed by atoms with Crippen molar-refractivity contribution < 1.29 is 28.5 Å². The normalized spacial score (nSPS) is 10.4. The smallest absolute Gasteiger partial charge is 0.498 e. The molecule has 0 atom stereocenters. The molecule has 0 unspecified atom stereocenters. The number of hydrogen-bond acceptors (Lipinski definition) is 6. The van der Waals surface area contributed by atoms with Crippen LogP contribution in [0.25, 0.3) is 22.3 Å². The second-order valence-corrected chi connectivity index (χ2v) is 7.21. The van der Waals surface area contributed by atoms with Crippen LogP contribution < -0.4 is 9.47 Å².